The van der Waals surface area contributed by atoms with Crippen LogP contribution in [0.4, 0.5) is 23.2 Å². The van der Waals surface area contributed by atoms with Gasteiger partial charge in [-0.3, -0.25) is 4.79 Å². The van der Waals surface area contributed by atoms with Crippen molar-refractivity contribution in [1.82, 2.24) is 13.9 Å². The highest BCUT2D eigenvalue weighted by atomic mass is 32.2. The van der Waals surface area contributed by atoms with Crippen LogP contribution in [0.5, 0.6) is 5.75 Å². The Kier molecular flexibility index (Phi) is 6.56. The lowest BCUT2D eigenvalue weighted by atomic mass is 9.88. The lowest BCUT2D eigenvalue weighted by Crippen LogP contribution is -2.32. The van der Waals surface area contributed by atoms with Gasteiger partial charge < -0.3 is 14.6 Å². The van der Waals surface area contributed by atoms with E-state index in [1.807, 2.05) is 0 Å². The Morgan fingerprint density at radius 2 is 1.86 bits per heavy atom. The third-order valence-electron chi connectivity index (χ3n) is 5.54. The van der Waals surface area contributed by atoms with Gasteiger partial charge in [-0.05, 0) is 29.8 Å². The summed E-state index contributed by atoms with van der Waals surface area (Å²) in [5.74, 6) is -3.17. The smallest absolute Gasteiger partial charge is 0.406 e. The summed E-state index contributed by atoms with van der Waals surface area (Å²) in [6, 6.07) is 10.1. The van der Waals surface area contributed by atoms with E-state index in [4.69, 9.17) is 0 Å². The number of carbonyl (C=O) groups is 1. The highest BCUT2D eigenvalue weighted by molar-refractivity contribution is 7.89. The summed E-state index contributed by atoms with van der Waals surface area (Å²) in [5.41, 5.74) is 0.583. The molecule has 1 amide bonds. The van der Waals surface area contributed by atoms with Crippen molar-refractivity contribution in [3.8, 4) is 5.75 Å². The van der Waals surface area contributed by atoms with Crippen molar-refractivity contribution in [2.24, 2.45) is 13.0 Å². The van der Waals surface area contributed by atoms with Crippen molar-refractivity contribution in [3.63, 3.8) is 0 Å². The van der Waals surface area contributed by atoms with Gasteiger partial charge in [0.15, 0.2) is 5.03 Å². The Morgan fingerprint density at radius 3 is 2.49 bits per heavy atom. The van der Waals surface area contributed by atoms with Gasteiger partial charge in [-0.1, -0.05) is 18.2 Å². The standard InChI is InChI=1S/C22H20F4N4O4S/c1-29-12-20(27-13-29)35(32,33)30-10-18(14-5-7-15(23)8-6-14)19(11-30)21(31)28-16-3-2-4-17(9-16)34-22(24,25)26/h2-9,12-13,18-19H,10-11H2,1H3,(H,28,31). The Labute approximate surface area is 198 Å². The molecule has 2 unspecified atom stereocenters. The number of ether oxygens (including phenoxy) is 1. The largest absolute Gasteiger partial charge is 0.573 e. The SMILES string of the molecule is Cn1cnc(S(=O)(=O)N2CC(C(=O)Nc3cccc(OC(F)(F)F)c3)C(c3ccc(F)cc3)C2)c1. The number of amides is 1. The molecule has 4 rings (SSSR count). The van der Waals surface area contributed by atoms with Gasteiger partial charge in [0.1, 0.15) is 11.6 Å². The zero-order valence-corrected chi connectivity index (χ0v) is 19.1. The second kappa shape index (κ2) is 9.30. The number of hydrogen-bond acceptors (Lipinski definition) is 5. The molecule has 3 aromatic rings. The van der Waals surface area contributed by atoms with Gasteiger partial charge in [-0.25, -0.2) is 17.8 Å². The van der Waals surface area contributed by atoms with Gasteiger partial charge in [0.05, 0.1) is 12.2 Å². The number of aryl methyl sites for hydroxylation is 1. The van der Waals surface area contributed by atoms with Gasteiger partial charge in [0.2, 0.25) is 5.91 Å². The van der Waals surface area contributed by atoms with Gasteiger partial charge in [-0.15, -0.1) is 13.2 Å². The molecule has 1 aliphatic rings. The maximum Gasteiger partial charge on any atom is 0.573 e. The first-order chi connectivity index (χ1) is 16.4. The highest BCUT2D eigenvalue weighted by Gasteiger charge is 2.44. The zero-order chi connectivity index (χ0) is 25.4. The normalized spacial score (nSPS) is 19.0. The van der Waals surface area contributed by atoms with Crippen LogP contribution in [0.15, 0.2) is 66.1 Å². The van der Waals surface area contributed by atoms with E-state index in [9.17, 15) is 30.8 Å². The molecule has 35 heavy (non-hydrogen) atoms. The number of hydrogen-bond donors (Lipinski definition) is 1. The quantitative estimate of drug-likeness (QED) is 0.511. The molecule has 1 aliphatic heterocycles. The molecular formula is C22H20F4N4O4S. The van der Waals surface area contributed by atoms with Crippen LogP contribution in [0, 0.1) is 11.7 Å². The number of aromatic nitrogens is 2. The molecular weight excluding hydrogens is 492 g/mol. The van der Waals surface area contributed by atoms with Crippen LogP contribution in [-0.4, -0.2) is 47.6 Å². The first-order valence-electron chi connectivity index (χ1n) is 10.3. The van der Waals surface area contributed by atoms with Crippen molar-refractivity contribution in [1.29, 1.82) is 0 Å². The summed E-state index contributed by atoms with van der Waals surface area (Å²) >= 11 is 0. The molecule has 186 valence electrons. The molecule has 1 aromatic heterocycles. The monoisotopic (exact) mass is 512 g/mol. The Bertz CT molecular complexity index is 1330. The number of anilines is 1. The van der Waals surface area contributed by atoms with Crippen LogP contribution in [0.2, 0.25) is 0 Å². The van der Waals surface area contributed by atoms with E-state index in [0.29, 0.717) is 5.56 Å². The first-order valence-corrected chi connectivity index (χ1v) is 11.8. The maximum absolute atomic E-state index is 13.5. The molecule has 13 heteroatoms. The summed E-state index contributed by atoms with van der Waals surface area (Å²) in [6.45, 7) is -0.272. The Balaban J connectivity index is 1.61. The molecule has 1 N–H and O–H groups in total. The van der Waals surface area contributed by atoms with Crippen molar-refractivity contribution in [2.75, 3.05) is 18.4 Å². The average molecular weight is 512 g/mol. The number of benzene rings is 2. The van der Waals surface area contributed by atoms with Crippen molar-refractivity contribution in [3.05, 3.63) is 72.4 Å². The topological polar surface area (TPSA) is 93.5 Å². The van der Waals surface area contributed by atoms with Crippen molar-refractivity contribution >= 4 is 21.6 Å². The molecule has 2 atom stereocenters. The summed E-state index contributed by atoms with van der Waals surface area (Å²) in [5, 5.41) is 2.35. The van der Waals surface area contributed by atoms with Crippen LogP contribution in [-0.2, 0) is 21.9 Å². The van der Waals surface area contributed by atoms with E-state index in [1.54, 1.807) is 7.05 Å². The predicted octanol–water partition coefficient (Wildman–Crippen LogP) is 3.50. The molecule has 1 fully saturated rings. The van der Waals surface area contributed by atoms with Gasteiger partial charge in [0.25, 0.3) is 10.0 Å². The molecule has 0 spiro atoms. The van der Waals surface area contributed by atoms with E-state index < -0.39 is 45.7 Å². The zero-order valence-electron chi connectivity index (χ0n) is 18.2. The maximum atomic E-state index is 13.5. The molecule has 2 aromatic carbocycles. The van der Waals surface area contributed by atoms with Gasteiger partial charge in [0, 0.05) is 44.0 Å². The number of nitrogens with one attached hydrogen (secondary N) is 1. The molecule has 0 bridgehead atoms. The molecule has 0 aliphatic carbocycles. The Hall–Kier alpha value is -3.45. The van der Waals surface area contributed by atoms with Crippen LogP contribution in [0.25, 0.3) is 0 Å². The minimum Gasteiger partial charge on any atom is -0.406 e. The van der Waals surface area contributed by atoms with Gasteiger partial charge >= 0.3 is 6.36 Å². The number of imidazole rings is 1. The molecule has 0 radical (unpaired) electrons. The summed E-state index contributed by atoms with van der Waals surface area (Å²) < 4.78 is 83.8. The summed E-state index contributed by atoms with van der Waals surface area (Å²) in [7, 11) is -2.42. The lowest BCUT2D eigenvalue weighted by Gasteiger charge is -2.19. The summed E-state index contributed by atoms with van der Waals surface area (Å²) in [6.07, 6.45) is -2.23. The summed E-state index contributed by atoms with van der Waals surface area (Å²) in [4.78, 5) is 17.1. The van der Waals surface area contributed by atoms with E-state index in [-0.39, 0.29) is 23.8 Å². The third-order valence-corrected chi connectivity index (χ3v) is 7.26. The number of rotatable bonds is 6. The van der Waals surface area contributed by atoms with E-state index in [1.165, 1.54) is 53.5 Å². The second-order valence-electron chi connectivity index (χ2n) is 8.03. The number of carbonyl (C=O) groups excluding carboxylic acids is 1. The fourth-order valence-electron chi connectivity index (χ4n) is 3.94. The fourth-order valence-corrected chi connectivity index (χ4v) is 5.40. The minimum atomic E-state index is -4.90. The van der Waals surface area contributed by atoms with Crippen LogP contribution in [0.3, 0.4) is 0 Å². The molecule has 8 nitrogen and oxygen atoms in total. The van der Waals surface area contributed by atoms with E-state index >= 15 is 0 Å². The molecule has 1 saturated heterocycles. The van der Waals surface area contributed by atoms with Gasteiger partial charge in [-0.2, -0.15) is 4.31 Å². The van der Waals surface area contributed by atoms with Crippen LogP contribution in [0.1, 0.15) is 11.5 Å². The lowest BCUT2D eigenvalue weighted by molar-refractivity contribution is -0.274. The first kappa shape index (κ1) is 24.7. The van der Waals surface area contributed by atoms with E-state index in [0.717, 1.165) is 16.4 Å². The van der Waals surface area contributed by atoms with Crippen LogP contribution >= 0.6 is 0 Å². The predicted molar refractivity (Wildman–Crippen MR) is 116 cm³/mol. The van der Waals surface area contributed by atoms with Crippen molar-refractivity contribution < 1.29 is 35.5 Å². The van der Waals surface area contributed by atoms with Crippen LogP contribution < -0.4 is 10.1 Å². The molecule has 0 saturated carbocycles. The second-order valence-corrected chi connectivity index (χ2v) is 9.91. The van der Waals surface area contributed by atoms with E-state index in [2.05, 4.69) is 15.0 Å². The fraction of sp³-hybridized carbons (Fsp3) is 0.273. The van der Waals surface area contributed by atoms with Crippen molar-refractivity contribution in [2.45, 2.75) is 17.3 Å². The number of nitrogens with zero attached hydrogens (tertiary/aromatic N) is 3. The highest BCUT2D eigenvalue weighted by Crippen LogP contribution is 2.36. The minimum absolute atomic E-state index is 0.0423. The third kappa shape index (κ3) is 5.62. The average Bonchev–Trinajstić information content (AvgIpc) is 3.41. The molecule has 2 heterocycles. The number of halogens is 4. The number of sulfonamides is 1. The Morgan fingerprint density at radius 1 is 1.14 bits per heavy atom. The number of alkyl halides is 3.